The van der Waals surface area contributed by atoms with Crippen LogP contribution in [0.2, 0.25) is 0 Å². The molecule has 0 aliphatic heterocycles. The predicted octanol–water partition coefficient (Wildman–Crippen LogP) is 1.98. The Bertz CT molecular complexity index is 673. The van der Waals surface area contributed by atoms with Crippen molar-refractivity contribution in [1.29, 1.82) is 0 Å². The lowest BCUT2D eigenvalue weighted by Crippen LogP contribution is -2.83. The van der Waals surface area contributed by atoms with E-state index in [1.807, 2.05) is 24.3 Å². The fraction of sp³-hybridized carbons (Fsp3) is 0.231. The third-order valence-electron chi connectivity index (χ3n) is 2.68. The molecular weight excluding hydrogens is 214 g/mol. The van der Waals surface area contributed by atoms with Crippen molar-refractivity contribution in [1.82, 2.24) is 9.97 Å². The number of hydrogen-bond acceptors (Lipinski definition) is 3. The van der Waals surface area contributed by atoms with Crippen LogP contribution < -0.4 is 5.32 Å². The number of hydrogen-bond donors (Lipinski definition) is 1. The second-order valence-electron chi connectivity index (χ2n) is 4.45. The maximum atomic E-state index is 5.83. The van der Waals surface area contributed by atoms with Crippen molar-refractivity contribution < 1.29 is 9.73 Å². The van der Waals surface area contributed by atoms with E-state index < -0.39 is 0 Å². The second kappa shape index (κ2) is 3.82. The SMILES string of the molecule is CC(C)[NH2+]c1ncnc2c1oc1ccccc12. The van der Waals surface area contributed by atoms with E-state index in [4.69, 9.17) is 4.42 Å². The summed E-state index contributed by atoms with van der Waals surface area (Å²) in [5.74, 6) is 0.876. The number of rotatable bonds is 2. The molecular formula is C13H14N3O+. The molecule has 0 amide bonds. The van der Waals surface area contributed by atoms with Gasteiger partial charge in [-0.2, -0.15) is 4.98 Å². The maximum Gasteiger partial charge on any atom is 0.271 e. The van der Waals surface area contributed by atoms with Crippen LogP contribution in [-0.4, -0.2) is 16.0 Å². The third-order valence-corrected chi connectivity index (χ3v) is 2.68. The minimum absolute atomic E-state index is 0.432. The van der Waals surface area contributed by atoms with E-state index >= 15 is 0 Å². The van der Waals surface area contributed by atoms with Gasteiger partial charge in [0.05, 0.1) is 6.04 Å². The van der Waals surface area contributed by atoms with Gasteiger partial charge in [-0.25, -0.2) is 4.98 Å². The van der Waals surface area contributed by atoms with Gasteiger partial charge in [0.1, 0.15) is 17.4 Å². The first-order valence-electron chi connectivity index (χ1n) is 5.73. The fourth-order valence-corrected chi connectivity index (χ4v) is 1.98. The highest BCUT2D eigenvalue weighted by Gasteiger charge is 2.16. The van der Waals surface area contributed by atoms with Gasteiger partial charge in [-0.05, 0) is 26.0 Å². The van der Waals surface area contributed by atoms with Crippen LogP contribution in [0.15, 0.2) is 35.0 Å². The van der Waals surface area contributed by atoms with E-state index in [0.29, 0.717) is 6.04 Å². The van der Waals surface area contributed by atoms with Crippen molar-refractivity contribution in [3.8, 4) is 0 Å². The molecule has 0 atom stereocenters. The van der Waals surface area contributed by atoms with E-state index in [0.717, 1.165) is 27.9 Å². The molecule has 0 saturated heterocycles. The number of para-hydroxylation sites is 1. The topological polar surface area (TPSA) is 55.5 Å². The van der Waals surface area contributed by atoms with Gasteiger partial charge in [0.15, 0.2) is 0 Å². The number of furan rings is 1. The van der Waals surface area contributed by atoms with Crippen LogP contribution in [0.3, 0.4) is 0 Å². The Hall–Kier alpha value is -1.94. The zero-order valence-electron chi connectivity index (χ0n) is 9.84. The molecule has 4 nitrogen and oxygen atoms in total. The van der Waals surface area contributed by atoms with E-state index in [9.17, 15) is 0 Å². The molecule has 3 rings (SSSR count). The van der Waals surface area contributed by atoms with E-state index in [2.05, 4.69) is 29.1 Å². The lowest BCUT2D eigenvalue weighted by atomic mass is 10.2. The number of benzene rings is 1. The van der Waals surface area contributed by atoms with Gasteiger partial charge in [-0.15, -0.1) is 0 Å². The average Bonchev–Trinajstić information content (AvgIpc) is 2.68. The van der Waals surface area contributed by atoms with Crippen LogP contribution in [0.5, 0.6) is 0 Å². The van der Waals surface area contributed by atoms with Crippen LogP contribution >= 0.6 is 0 Å². The van der Waals surface area contributed by atoms with Crippen molar-refractivity contribution in [3.63, 3.8) is 0 Å². The van der Waals surface area contributed by atoms with Crippen LogP contribution in [0.25, 0.3) is 22.1 Å². The van der Waals surface area contributed by atoms with Crippen LogP contribution in [0, 0.1) is 0 Å². The molecule has 0 unspecified atom stereocenters. The Balaban J connectivity index is 2.31. The van der Waals surface area contributed by atoms with Crippen molar-refractivity contribution in [2.45, 2.75) is 19.9 Å². The number of fused-ring (bicyclic) bond motifs is 3. The van der Waals surface area contributed by atoms with Gasteiger partial charge in [0.25, 0.3) is 5.82 Å². The normalized spacial score (nSPS) is 11.7. The molecule has 0 bridgehead atoms. The molecule has 3 aromatic rings. The summed E-state index contributed by atoms with van der Waals surface area (Å²) in [6, 6.07) is 8.36. The zero-order chi connectivity index (χ0) is 11.8. The highest BCUT2D eigenvalue weighted by Crippen LogP contribution is 2.28. The first-order chi connectivity index (χ1) is 8.25. The van der Waals surface area contributed by atoms with E-state index in [-0.39, 0.29) is 0 Å². The minimum Gasteiger partial charge on any atom is -0.446 e. The van der Waals surface area contributed by atoms with Gasteiger partial charge in [-0.3, -0.25) is 5.32 Å². The molecule has 0 radical (unpaired) electrons. The summed E-state index contributed by atoms with van der Waals surface area (Å²) >= 11 is 0. The number of nitrogens with zero attached hydrogens (tertiary/aromatic N) is 2. The largest absolute Gasteiger partial charge is 0.446 e. The summed E-state index contributed by atoms with van der Waals surface area (Å²) in [5.41, 5.74) is 2.53. The Morgan fingerprint density at radius 3 is 2.82 bits per heavy atom. The zero-order valence-corrected chi connectivity index (χ0v) is 9.84. The molecule has 86 valence electrons. The predicted molar refractivity (Wildman–Crippen MR) is 66.0 cm³/mol. The number of nitrogens with two attached hydrogens (primary N) is 1. The van der Waals surface area contributed by atoms with Gasteiger partial charge in [0, 0.05) is 5.39 Å². The summed E-state index contributed by atoms with van der Waals surface area (Å²) in [5, 5.41) is 3.13. The molecule has 0 aliphatic rings. The fourth-order valence-electron chi connectivity index (χ4n) is 1.98. The van der Waals surface area contributed by atoms with Crippen molar-refractivity contribution in [2.24, 2.45) is 0 Å². The average molecular weight is 228 g/mol. The molecule has 0 saturated carbocycles. The molecule has 2 heterocycles. The molecule has 0 fully saturated rings. The smallest absolute Gasteiger partial charge is 0.271 e. The number of quaternary nitrogens is 1. The first-order valence-corrected chi connectivity index (χ1v) is 5.73. The van der Waals surface area contributed by atoms with Gasteiger partial charge in [0.2, 0.25) is 5.58 Å². The van der Waals surface area contributed by atoms with Crippen molar-refractivity contribution in [2.75, 3.05) is 0 Å². The van der Waals surface area contributed by atoms with Gasteiger partial charge < -0.3 is 4.42 Å². The molecule has 0 aliphatic carbocycles. The molecule has 0 spiro atoms. The van der Waals surface area contributed by atoms with Gasteiger partial charge >= 0.3 is 0 Å². The first kappa shape index (κ1) is 10.2. The standard InChI is InChI=1S/C13H13N3O/c1-8(2)16-13-12-11(14-7-15-13)9-5-3-4-6-10(9)17-12/h3-8H,1-2H3,(H,14,15,16)/p+1. The van der Waals surface area contributed by atoms with E-state index in [1.165, 1.54) is 0 Å². The van der Waals surface area contributed by atoms with E-state index in [1.54, 1.807) is 6.33 Å². The molecule has 2 N–H and O–H groups in total. The van der Waals surface area contributed by atoms with Crippen LogP contribution in [0.4, 0.5) is 5.82 Å². The summed E-state index contributed by atoms with van der Waals surface area (Å²) in [6.07, 6.45) is 1.60. The molecule has 1 aromatic carbocycles. The highest BCUT2D eigenvalue weighted by molar-refractivity contribution is 6.04. The second-order valence-corrected chi connectivity index (χ2v) is 4.45. The molecule has 4 heteroatoms. The van der Waals surface area contributed by atoms with Crippen LogP contribution in [-0.2, 0) is 0 Å². The van der Waals surface area contributed by atoms with Crippen molar-refractivity contribution >= 4 is 27.9 Å². The minimum atomic E-state index is 0.432. The lowest BCUT2D eigenvalue weighted by molar-refractivity contribution is -0.605. The van der Waals surface area contributed by atoms with Gasteiger partial charge in [-0.1, -0.05) is 12.1 Å². The lowest BCUT2D eigenvalue weighted by Gasteiger charge is -2.02. The molecule has 2 aromatic heterocycles. The quantitative estimate of drug-likeness (QED) is 0.729. The number of aromatic nitrogens is 2. The van der Waals surface area contributed by atoms with Crippen LogP contribution in [0.1, 0.15) is 13.8 Å². The third kappa shape index (κ3) is 1.66. The summed E-state index contributed by atoms with van der Waals surface area (Å²) < 4.78 is 5.83. The Kier molecular flexibility index (Phi) is 2.30. The Morgan fingerprint density at radius 2 is 2.00 bits per heavy atom. The summed E-state index contributed by atoms with van der Waals surface area (Å²) in [7, 11) is 0. The monoisotopic (exact) mass is 228 g/mol. The Morgan fingerprint density at radius 1 is 1.18 bits per heavy atom. The maximum absolute atomic E-state index is 5.83. The summed E-state index contributed by atoms with van der Waals surface area (Å²) in [4.78, 5) is 8.59. The summed E-state index contributed by atoms with van der Waals surface area (Å²) in [6.45, 7) is 4.24. The molecule has 17 heavy (non-hydrogen) atoms. The highest BCUT2D eigenvalue weighted by atomic mass is 16.3. The van der Waals surface area contributed by atoms with Crippen molar-refractivity contribution in [3.05, 3.63) is 30.6 Å². The Labute approximate surface area is 98.7 Å².